The van der Waals surface area contributed by atoms with E-state index in [0.717, 1.165) is 23.5 Å². The van der Waals surface area contributed by atoms with Crippen molar-refractivity contribution in [2.24, 2.45) is 5.73 Å². The molecule has 0 amide bonds. The standard InChI is InChI=1S/C12H17NO2/c1-7-11(14-2)4-8(5-12(7)15-3)9-6-10(9)13/h4-5,9-10H,6,13H2,1-3H3/t9-,10+/m0/s1. The Hall–Kier alpha value is -1.22. The molecule has 0 saturated heterocycles. The van der Waals surface area contributed by atoms with Crippen LogP contribution in [0.5, 0.6) is 11.5 Å². The Bertz CT molecular complexity index is 351. The summed E-state index contributed by atoms with van der Waals surface area (Å²) in [5.41, 5.74) is 8.10. The smallest absolute Gasteiger partial charge is 0.125 e. The lowest BCUT2D eigenvalue weighted by Gasteiger charge is -2.12. The zero-order chi connectivity index (χ0) is 11.0. The topological polar surface area (TPSA) is 44.5 Å². The normalized spacial score (nSPS) is 23.7. The van der Waals surface area contributed by atoms with Crippen LogP contribution >= 0.6 is 0 Å². The van der Waals surface area contributed by atoms with Crippen LogP contribution in [0.15, 0.2) is 12.1 Å². The first-order valence-corrected chi connectivity index (χ1v) is 5.15. The van der Waals surface area contributed by atoms with E-state index in [9.17, 15) is 0 Å². The van der Waals surface area contributed by atoms with Gasteiger partial charge in [-0.2, -0.15) is 0 Å². The maximum atomic E-state index is 5.84. The molecular formula is C12H17NO2. The van der Waals surface area contributed by atoms with E-state index in [1.807, 2.05) is 6.92 Å². The van der Waals surface area contributed by atoms with Crippen molar-refractivity contribution in [3.05, 3.63) is 23.3 Å². The van der Waals surface area contributed by atoms with Crippen molar-refractivity contribution >= 4 is 0 Å². The van der Waals surface area contributed by atoms with Crippen molar-refractivity contribution in [1.82, 2.24) is 0 Å². The average molecular weight is 207 g/mol. The van der Waals surface area contributed by atoms with Crippen molar-refractivity contribution < 1.29 is 9.47 Å². The molecule has 0 aromatic heterocycles. The minimum absolute atomic E-state index is 0.308. The van der Waals surface area contributed by atoms with Gasteiger partial charge < -0.3 is 15.2 Å². The molecule has 1 saturated carbocycles. The van der Waals surface area contributed by atoms with Gasteiger partial charge in [0.2, 0.25) is 0 Å². The average Bonchev–Trinajstić information content (AvgIpc) is 2.96. The number of hydrogen-bond donors (Lipinski definition) is 1. The van der Waals surface area contributed by atoms with E-state index in [4.69, 9.17) is 15.2 Å². The molecule has 2 rings (SSSR count). The number of benzene rings is 1. The fourth-order valence-corrected chi connectivity index (χ4v) is 1.92. The number of hydrogen-bond acceptors (Lipinski definition) is 3. The first kappa shape index (κ1) is 10.3. The molecule has 1 aliphatic rings. The van der Waals surface area contributed by atoms with Gasteiger partial charge >= 0.3 is 0 Å². The second-order valence-corrected chi connectivity index (χ2v) is 4.06. The Morgan fingerprint density at radius 2 is 1.67 bits per heavy atom. The van der Waals surface area contributed by atoms with Crippen LogP contribution in [0, 0.1) is 6.92 Å². The Morgan fingerprint density at radius 1 is 1.20 bits per heavy atom. The second kappa shape index (κ2) is 3.74. The minimum Gasteiger partial charge on any atom is -0.496 e. The lowest BCUT2D eigenvalue weighted by molar-refractivity contribution is 0.388. The van der Waals surface area contributed by atoms with E-state index in [-0.39, 0.29) is 0 Å². The van der Waals surface area contributed by atoms with Gasteiger partial charge in [0.1, 0.15) is 11.5 Å². The molecule has 0 aliphatic heterocycles. The van der Waals surface area contributed by atoms with Gasteiger partial charge in [-0.25, -0.2) is 0 Å². The lowest BCUT2D eigenvalue weighted by Crippen LogP contribution is -2.02. The van der Waals surface area contributed by atoms with E-state index >= 15 is 0 Å². The summed E-state index contributed by atoms with van der Waals surface area (Å²) in [4.78, 5) is 0. The van der Waals surface area contributed by atoms with Crippen molar-refractivity contribution in [2.75, 3.05) is 14.2 Å². The highest BCUT2D eigenvalue weighted by atomic mass is 16.5. The molecule has 2 N–H and O–H groups in total. The van der Waals surface area contributed by atoms with Gasteiger partial charge in [0.05, 0.1) is 14.2 Å². The van der Waals surface area contributed by atoms with Crippen molar-refractivity contribution in [3.63, 3.8) is 0 Å². The zero-order valence-electron chi connectivity index (χ0n) is 9.41. The molecular weight excluding hydrogens is 190 g/mol. The molecule has 0 heterocycles. The molecule has 0 radical (unpaired) electrons. The molecule has 82 valence electrons. The molecule has 1 aromatic rings. The molecule has 3 nitrogen and oxygen atoms in total. The van der Waals surface area contributed by atoms with Crippen LogP contribution in [0.2, 0.25) is 0 Å². The third-order valence-electron chi connectivity index (χ3n) is 3.04. The van der Waals surface area contributed by atoms with Crippen LogP contribution in [0.3, 0.4) is 0 Å². The number of ether oxygens (including phenoxy) is 2. The van der Waals surface area contributed by atoms with Gasteiger partial charge in [-0.3, -0.25) is 0 Å². The molecule has 1 fully saturated rings. The van der Waals surface area contributed by atoms with Gasteiger partial charge in [0.15, 0.2) is 0 Å². The molecule has 3 heteroatoms. The number of methoxy groups -OCH3 is 2. The Kier molecular flexibility index (Phi) is 2.57. The van der Waals surface area contributed by atoms with E-state index in [0.29, 0.717) is 12.0 Å². The largest absolute Gasteiger partial charge is 0.496 e. The predicted octanol–water partition coefficient (Wildman–Crippen LogP) is 1.83. The Balaban J connectivity index is 2.40. The van der Waals surface area contributed by atoms with E-state index in [2.05, 4.69) is 12.1 Å². The Morgan fingerprint density at radius 3 is 2.00 bits per heavy atom. The first-order chi connectivity index (χ1) is 7.17. The molecule has 15 heavy (non-hydrogen) atoms. The van der Waals surface area contributed by atoms with Gasteiger partial charge in [-0.15, -0.1) is 0 Å². The second-order valence-electron chi connectivity index (χ2n) is 4.06. The molecule has 0 unspecified atom stereocenters. The molecule has 1 aromatic carbocycles. The van der Waals surface area contributed by atoms with Gasteiger partial charge in [-0.05, 0) is 31.0 Å². The zero-order valence-corrected chi connectivity index (χ0v) is 9.41. The first-order valence-electron chi connectivity index (χ1n) is 5.15. The highest BCUT2D eigenvalue weighted by Crippen LogP contribution is 2.43. The molecule has 0 spiro atoms. The van der Waals surface area contributed by atoms with Crippen molar-refractivity contribution in [3.8, 4) is 11.5 Å². The molecule has 2 atom stereocenters. The van der Waals surface area contributed by atoms with E-state index in [1.54, 1.807) is 14.2 Å². The lowest BCUT2D eigenvalue weighted by atomic mass is 10.1. The van der Waals surface area contributed by atoms with Crippen LogP contribution in [0.4, 0.5) is 0 Å². The summed E-state index contributed by atoms with van der Waals surface area (Å²) in [6, 6.07) is 4.44. The van der Waals surface area contributed by atoms with Gasteiger partial charge in [0.25, 0.3) is 0 Å². The van der Waals surface area contributed by atoms with E-state index in [1.165, 1.54) is 5.56 Å². The van der Waals surface area contributed by atoms with Gasteiger partial charge in [-0.1, -0.05) is 0 Å². The molecule has 1 aliphatic carbocycles. The Labute approximate surface area is 90.2 Å². The minimum atomic E-state index is 0.308. The van der Waals surface area contributed by atoms with Crippen molar-refractivity contribution in [1.29, 1.82) is 0 Å². The molecule has 0 bridgehead atoms. The van der Waals surface area contributed by atoms with E-state index < -0.39 is 0 Å². The quantitative estimate of drug-likeness (QED) is 0.822. The summed E-state index contributed by atoms with van der Waals surface area (Å²) in [6.45, 7) is 1.99. The summed E-state index contributed by atoms with van der Waals surface area (Å²) in [5.74, 6) is 2.24. The summed E-state index contributed by atoms with van der Waals surface area (Å²) in [6.07, 6.45) is 1.06. The van der Waals surface area contributed by atoms with Crippen molar-refractivity contribution in [2.45, 2.75) is 25.3 Å². The monoisotopic (exact) mass is 207 g/mol. The highest BCUT2D eigenvalue weighted by molar-refractivity contribution is 5.49. The van der Waals surface area contributed by atoms with Crippen LogP contribution in [0.25, 0.3) is 0 Å². The third kappa shape index (κ3) is 1.79. The maximum absolute atomic E-state index is 5.84. The fraction of sp³-hybridized carbons (Fsp3) is 0.500. The highest BCUT2D eigenvalue weighted by Gasteiger charge is 2.35. The predicted molar refractivity (Wildman–Crippen MR) is 59.6 cm³/mol. The van der Waals surface area contributed by atoms with Crippen LogP contribution in [-0.4, -0.2) is 20.3 Å². The summed E-state index contributed by atoms with van der Waals surface area (Å²) in [7, 11) is 3.36. The fourth-order valence-electron chi connectivity index (χ4n) is 1.92. The number of nitrogens with two attached hydrogens (primary N) is 1. The van der Waals surface area contributed by atoms with Gasteiger partial charge in [0, 0.05) is 17.5 Å². The third-order valence-corrected chi connectivity index (χ3v) is 3.04. The SMILES string of the molecule is COc1cc([C@@H]2C[C@H]2N)cc(OC)c1C. The summed E-state index contributed by atoms with van der Waals surface area (Å²) < 4.78 is 10.6. The van der Waals surface area contributed by atoms with Crippen LogP contribution in [-0.2, 0) is 0 Å². The summed E-state index contributed by atoms with van der Waals surface area (Å²) >= 11 is 0. The number of rotatable bonds is 3. The van der Waals surface area contributed by atoms with Crippen LogP contribution < -0.4 is 15.2 Å². The summed E-state index contributed by atoms with van der Waals surface area (Å²) in [5, 5.41) is 0. The van der Waals surface area contributed by atoms with Crippen LogP contribution in [0.1, 0.15) is 23.5 Å². The maximum Gasteiger partial charge on any atom is 0.125 e.